The van der Waals surface area contributed by atoms with Crippen LogP contribution < -0.4 is 9.47 Å². The molecule has 0 spiro atoms. The zero-order valence-corrected chi connectivity index (χ0v) is 15.9. The normalized spacial score (nSPS) is 22.0. The lowest BCUT2D eigenvalue weighted by Gasteiger charge is -2.31. The number of allylic oxidation sites excluding steroid dienone is 1. The Morgan fingerprint density at radius 2 is 2.25 bits per heavy atom. The molecule has 0 aromatic heterocycles. The first kappa shape index (κ1) is 19.0. The first-order chi connectivity index (χ1) is 11.7. The summed E-state index contributed by atoms with van der Waals surface area (Å²) < 4.78 is 17.1. The third kappa shape index (κ3) is 4.19. The highest BCUT2D eigenvalue weighted by molar-refractivity contribution is 9.09. The van der Waals surface area contributed by atoms with Crippen molar-refractivity contribution in [3.05, 3.63) is 36.4 Å². The Hall–Kier alpha value is -1.33. The van der Waals surface area contributed by atoms with E-state index in [4.69, 9.17) is 14.2 Å². The molecule has 1 aliphatic rings. The van der Waals surface area contributed by atoms with Crippen molar-refractivity contribution in [2.75, 3.05) is 19.0 Å². The second kappa shape index (κ2) is 9.23. The van der Waals surface area contributed by atoms with Crippen LogP contribution in [0.5, 0.6) is 11.5 Å². The number of hydrogen-bond acceptors (Lipinski definition) is 4. The number of methoxy groups -OCH3 is 1. The van der Waals surface area contributed by atoms with Gasteiger partial charge in [0.2, 0.25) is 6.29 Å². The molecule has 1 fully saturated rings. The van der Waals surface area contributed by atoms with Crippen LogP contribution in [0, 0.1) is 5.92 Å². The van der Waals surface area contributed by atoms with Crippen LogP contribution in [0.1, 0.15) is 37.7 Å². The smallest absolute Gasteiger partial charge is 0.209 e. The standard InChI is InChI=1S/C19H25BrO4/c1-4-13-8-6-10-15(21)18(13)14-9-7-11-16(22-3)19(14)24-17(12-20)23-5-2/h4,7,9,11,13,17-18H,1,5-6,8,10,12H2,2-3H3/t13-,17-,18-/m1/s1. The summed E-state index contributed by atoms with van der Waals surface area (Å²) in [7, 11) is 1.60. The van der Waals surface area contributed by atoms with Crippen LogP contribution >= 0.6 is 15.9 Å². The van der Waals surface area contributed by atoms with Crippen molar-refractivity contribution < 1.29 is 19.0 Å². The highest BCUT2D eigenvalue weighted by atomic mass is 79.9. The first-order valence-corrected chi connectivity index (χ1v) is 9.44. The molecule has 0 unspecified atom stereocenters. The van der Waals surface area contributed by atoms with E-state index in [1.54, 1.807) is 7.11 Å². The molecule has 1 aromatic rings. The van der Waals surface area contributed by atoms with Crippen molar-refractivity contribution in [2.45, 2.75) is 38.4 Å². The summed E-state index contributed by atoms with van der Waals surface area (Å²) in [5, 5.41) is 0.530. The van der Waals surface area contributed by atoms with Crippen molar-refractivity contribution in [2.24, 2.45) is 5.92 Å². The van der Waals surface area contributed by atoms with Gasteiger partial charge >= 0.3 is 0 Å². The number of ether oxygens (including phenoxy) is 3. The molecule has 1 aliphatic carbocycles. The van der Waals surface area contributed by atoms with Crippen molar-refractivity contribution in [3.8, 4) is 11.5 Å². The lowest BCUT2D eigenvalue weighted by molar-refractivity contribution is -0.123. The fourth-order valence-corrected chi connectivity index (χ4v) is 3.54. The molecule has 0 bridgehead atoms. The Labute approximate surface area is 152 Å². The van der Waals surface area contributed by atoms with E-state index in [9.17, 15) is 4.79 Å². The van der Waals surface area contributed by atoms with Crippen LogP contribution in [-0.2, 0) is 9.53 Å². The number of para-hydroxylation sites is 1. The number of hydrogen-bond donors (Lipinski definition) is 0. The molecule has 0 radical (unpaired) electrons. The van der Waals surface area contributed by atoms with E-state index in [1.165, 1.54) is 0 Å². The number of carbonyl (C=O) groups excluding carboxylic acids is 1. The Balaban J connectivity index is 2.44. The molecular weight excluding hydrogens is 372 g/mol. The molecule has 1 aromatic carbocycles. The molecule has 0 N–H and O–H groups in total. The van der Waals surface area contributed by atoms with Gasteiger partial charge in [-0.2, -0.15) is 0 Å². The molecule has 3 atom stereocenters. The van der Waals surface area contributed by atoms with E-state index < -0.39 is 6.29 Å². The maximum Gasteiger partial charge on any atom is 0.209 e. The van der Waals surface area contributed by atoms with Gasteiger partial charge in [-0.05, 0) is 31.7 Å². The average molecular weight is 397 g/mol. The summed E-state index contributed by atoms with van der Waals surface area (Å²) in [5.74, 6) is 1.31. The van der Waals surface area contributed by atoms with Gasteiger partial charge in [-0.25, -0.2) is 0 Å². The number of benzene rings is 1. The summed E-state index contributed by atoms with van der Waals surface area (Å²) in [4.78, 5) is 12.6. The Bertz CT molecular complexity index is 572. The van der Waals surface area contributed by atoms with Gasteiger partial charge in [0, 0.05) is 18.6 Å². The molecule has 0 saturated heterocycles. The van der Waals surface area contributed by atoms with Crippen LogP contribution in [0.2, 0.25) is 0 Å². The summed E-state index contributed by atoms with van der Waals surface area (Å²) in [6, 6.07) is 5.68. The molecule has 0 amide bonds. The van der Waals surface area contributed by atoms with Gasteiger partial charge in [-0.3, -0.25) is 4.79 Å². The number of rotatable bonds is 8. The largest absolute Gasteiger partial charge is 0.493 e. The summed E-state index contributed by atoms with van der Waals surface area (Å²) in [6.45, 7) is 6.37. The van der Waals surface area contributed by atoms with Crippen LogP contribution in [0.25, 0.3) is 0 Å². The number of carbonyl (C=O) groups is 1. The number of ketones is 1. The zero-order valence-electron chi connectivity index (χ0n) is 14.3. The maximum atomic E-state index is 12.6. The lowest BCUT2D eigenvalue weighted by Crippen LogP contribution is -2.28. The number of Topliss-reactive ketones (excluding diaryl/α,β-unsaturated/α-hetero) is 1. The van der Waals surface area contributed by atoms with Crippen molar-refractivity contribution >= 4 is 21.7 Å². The van der Waals surface area contributed by atoms with Gasteiger partial charge in [-0.1, -0.05) is 34.1 Å². The van der Waals surface area contributed by atoms with Gasteiger partial charge in [0.05, 0.1) is 18.4 Å². The van der Waals surface area contributed by atoms with E-state index in [1.807, 2.05) is 31.2 Å². The highest BCUT2D eigenvalue weighted by Gasteiger charge is 2.34. The highest BCUT2D eigenvalue weighted by Crippen LogP contribution is 2.44. The third-order valence-electron chi connectivity index (χ3n) is 4.33. The molecule has 4 nitrogen and oxygen atoms in total. The van der Waals surface area contributed by atoms with Crippen molar-refractivity contribution in [1.82, 2.24) is 0 Å². The third-order valence-corrected chi connectivity index (χ3v) is 4.86. The van der Waals surface area contributed by atoms with Gasteiger partial charge in [-0.15, -0.1) is 6.58 Å². The molecule has 132 valence electrons. The van der Waals surface area contributed by atoms with Crippen molar-refractivity contribution in [1.29, 1.82) is 0 Å². The summed E-state index contributed by atoms with van der Waals surface area (Å²) in [5.41, 5.74) is 0.856. The van der Waals surface area contributed by atoms with Crippen LogP contribution in [0.4, 0.5) is 0 Å². The van der Waals surface area contributed by atoms with E-state index >= 15 is 0 Å². The topological polar surface area (TPSA) is 44.8 Å². The minimum absolute atomic E-state index is 0.121. The van der Waals surface area contributed by atoms with Crippen LogP contribution in [-0.4, -0.2) is 31.1 Å². The molecule has 5 heteroatoms. The average Bonchev–Trinajstić information content (AvgIpc) is 2.61. The predicted molar refractivity (Wildman–Crippen MR) is 98.1 cm³/mol. The molecule has 0 aliphatic heterocycles. The molecule has 24 heavy (non-hydrogen) atoms. The summed E-state index contributed by atoms with van der Waals surface area (Å²) >= 11 is 3.40. The Kier molecular flexibility index (Phi) is 7.31. The van der Waals surface area contributed by atoms with Crippen LogP contribution in [0.15, 0.2) is 30.9 Å². The second-order valence-corrected chi connectivity index (χ2v) is 6.42. The maximum absolute atomic E-state index is 12.6. The predicted octanol–water partition coefficient (Wildman–Crippen LogP) is 4.47. The van der Waals surface area contributed by atoms with Gasteiger partial charge < -0.3 is 14.2 Å². The van der Waals surface area contributed by atoms with E-state index in [0.717, 1.165) is 18.4 Å². The molecular formula is C19H25BrO4. The molecule has 2 rings (SSSR count). The van der Waals surface area contributed by atoms with Gasteiger partial charge in [0.25, 0.3) is 0 Å². The monoisotopic (exact) mass is 396 g/mol. The Morgan fingerprint density at radius 3 is 2.88 bits per heavy atom. The quantitative estimate of drug-likeness (QED) is 0.369. The van der Waals surface area contributed by atoms with Crippen LogP contribution in [0.3, 0.4) is 0 Å². The molecule has 1 saturated carbocycles. The van der Waals surface area contributed by atoms with E-state index in [0.29, 0.717) is 29.9 Å². The van der Waals surface area contributed by atoms with Crippen molar-refractivity contribution in [3.63, 3.8) is 0 Å². The number of halogens is 1. The first-order valence-electron chi connectivity index (χ1n) is 8.32. The number of alkyl halides is 1. The lowest BCUT2D eigenvalue weighted by atomic mass is 9.74. The second-order valence-electron chi connectivity index (χ2n) is 5.77. The molecule has 0 heterocycles. The SMILES string of the molecule is C=C[C@@H]1CCCC(=O)[C@H]1c1cccc(OC)c1O[C@H](CBr)OCC. The zero-order chi connectivity index (χ0) is 17.5. The van der Waals surface area contributed by atoms with Gasteiger partial charge in [0.1, 0.15) is 5.78 Å². The van der Waals surface area contributed by atoms with Gasteiger partial charge in [0.15, 0.2) is 11.5 Å². The minimum Gasteiger partial charge on any atom is -0.493 e. The fraction of sp³-hybridized carbons (Fsp3) is 0.526. The van der Waals surface area contributed by atoms with E-state index in [2.05, 4.69) is 22.5 Å². The Morgan fingerprint density at radius 1 is 1.46 bits per heavy atom. The van der Waals surface area contributed by atoms with E-state index in [-0.39, 0.29) is 17.6 Å². The summed E-state index contributed by atoms with van der Waals surface area (Å²) in [6.07, 6.45) is 3.92. The minimum atomic E-state index is -0.439. The fourth-order valence-electron chi connectivity index (χ4n) is 3.22.